The average molecular weight is 505 g/mol. The first kappa shape index (κ1) is 23.2. The molecule has 8 heteroatoms. The van der Waals surface area contributed by atoms with Gasteiger partial charge in [0.25, 0.3) is 0 Å². The lowest BCUT2D eigenvalue weighted by Gasteiger charge is -2.29. The lowest BCUT2D eigenvalue weighted by Crippen LogP contribution is -2.30. The van der Waals surface area contributed by atoms with Gasteiger partial charge in [-0.05, 0) is 85.9 Å². The van der Waals surface area contributed by atoms with Crippen molar-refractivity contribution in [3.8, 4) is 17.2 Å². The van der Waals surface area contributed by atoms with Crippen LogP contribution >= 0.6 is 23.8 Å². The molecule has 1 aliphatic rings. The Morgan fingerprint density at radius 3 is 2.51 bits per heavy atom. The molecule has 2 atom stereocenters. The first-order valence-corrected chi connectivity index (χ1v) is 12.1. The smallest absolute Gasteiger partial charge is 0.174 e. The molecule has 2 aromatic heterocycles. The lowest BCUT2D eigenvalue weighted by molar-refractivity contribution is 0.340. The number of halogens is 1. The molecule has 4 aromatic rings. The topological polar surface area (TPSA) is 51.5 Å². The van der Waals surface area contributed by atoms with E-state index in [4.69, 9.17) is 33.3 Å². The molecule has 3 heterocycles. The van der Waals surface area contributed by atoms with E-state index in [1.807, 2.05) is 61.5 Å². The normalized spacial score (nSPS) is 17.3. The van der Waals surface area contributed by atoms with E-state index in [0.29, 0.717) is 22.5 Å². The fourth-order valence-corrected chi connectivity index (χ4v) is 5.08. The van der Waals surface area contributed by atoms with Crippen LogP contribution < -0.4 is 19.7 Å². The van der Waals surface area contributed by atoms with Gasteiger partial charge in [-0.25, -0.2) is 0 Å². The molecule has 35 heavy (non-hydrogen) atoms. The summed E-state index contributed by atoms with van der Waals surface area (Å²) in [6, 6.07) is 23.5. The molecule has 0 radical (unpaired) electrons. The molecule has 1 saturated heterocycles. The zero-order chi connectivity index (χ0) is 24.4. The lowest BCUT2D eigenvalue weighted by atomic mass is 10.0. The van der Waals surface area contributed by atoms with Gasteiger partial charge in [-0.1, -0.05) is 17.7 Å². The molecule has 5 rings (SSSR count). The van der Waals surface area contributed by atoms with Crippen molar-refractivity contribution in [1.82, 2.24) is 14.9 Å². The molecular formula is C27H25ClN4O2S. The summed E-state index contributed by atoms with van der Waals surface area (Å²) in [5.74, 6) is 1.46. The summed E-state index contributed by atoms with van der Waals surface area (Å²) < 4.78 is 13.2. The Balaban J connectivity index is 1.62. The SMILES string of the molecule is CCOc1ccc(-n2cccc2[C@@H]2[C@H](c3ccccn3)NC(=S)N2c2ccc(OC)c(Cl)c2)cc1. The molecule has 0 saturated carbocycles. The van der Waals surface area contributed by atoms with E-state index in [2.05, 4.69) is 44.2 Å². The van der Waals surface area contributed by atoms with Gasteiger partial charge in [0.1, 0.15) is 17.5 Å². The minimum Gasteiger partial charge on any atom is -0.495 e. The van der Waals surface area contributed by atoms with Crippen molar-refractivity contribution in [2.45, 2.75) is 19.0 Å². The quantitative estimate of drug-likeness (QED) is 0.306. The number of methoxy groups -OCH3 is 1. The molecule has 178 valence electrons. The van der Waals surface area contributed by atoms with Gasteiger partial charge in [-0.3, -0.25) is 4.98 Å². The van der Waals surface area contributed by atoms with Crippen molar-refractivity contribution in [3.05, 3.63) is 102 Å². The van der Waals surface area contributed by atoms with Crippen molar-refractivity contribution < 1.29 is 9.47 Å². The zero-order valence-electron chi connectivity index (χ0n) is 19.4. The second-order valence-electron chi connectivity index (χ2n) is 8.05. The maximum Gasteiger partial charge on any atom is 0.174 e. The van der Waals surface area contributed by atoms with Crippen LogP contribution in [0, 0.1) is 0 Å². The molecule has 0 aliphatic carbocycles. The fraction of sp³-hybridized carbons (Fsp3) is 0.185. The molecule has 1 aliphatic heterocycles. The minimum atomic E-state index is -0.177. The largest absolute Gasteiger partial charge is 0.495 e. The van der Waals surface area contributed by atoms with Crippen molar-refractivity contribution in [3.63, 3.8) is 0 Å². The van der Waals surface area contributed by atoms with Crippen LogP contribution in [-0.2, 0) is 0 Å². The van der Waals surface area contributed by atoms with Crippen LogP contribution in [0.5, 0.6) is 11.5 Å². The minimum absolute atomic E-state index is 0.166. The molecule has 0 unspecified atom stereocenters. The number of nitrogens with zero attached hydrogens (tertiary/aromatic N) is 3. The first-order valence-electron chi connectivity index (χ1n) is 11.4. The first-order chi connectivity index (χ1) is 17.1. The van der Waals surface area contributed by atoms with Crippen molar-refractivity contribution in [2.75, 3.05) is 18.6 Å². The number of aromatic nitrogens is 2. The molecule has 6 nitrogen and oxygen atoms in total. The molecule has 0 spiro atoms. The Morgan fingerprint density at radius 2 is 1.83 bits per heavy atom. The summed E-state index contributed by atoms with van der Waals surface area (Å²) in [5.41, 5.74) is 3.86. The van der Waals surface area contributed by atoms with Gasteiger partial charge in [-0.15, -0.1) is 0 Å². The van der Waals surface area contributed by atoms with Crippen LogP contribution in [0.4, 0.5) is 5.69 Å². The van der Waals surface area contributed by atoms with Gasteiger partial charge >= 0.3 is 0 Å². The summed E-state index contributed by atoms with van der Waals surface area (Å²) in [6.45, 7) is 2.61. The zero-order valence-corrected chi connectivity index (χ0v) is 21.0. The Morgan fingerprint density at radius 1 is 1.03 bits per heavy atom. The van der Waals surface area contributed by atoms with E-state index in [-0.39, 0.29) is 12.1 Å². The van der Waals surface area contributed by atoms with E-state index in [1.54, 1.807) is 13.3 Å². The summed E-state index contributed by atoms with van der Waals surface area (Å²) >= 11 is 12.4. The number of nitrogens with one attached hydrogen (secondary N) is 1. The molecular weight excluding hydrogens is 480 g/mol. The van der Waals surface area contributed by atoms with Crippen molar-refractivity contribution >= 4 is 34.6 Å². The van der Waals surface area contributed by atoms with Gasteiger partial charge < -0.3 is 24.3 Å². The van der Waals surface area contributed by atoms with E-state index in [9.17, 15) is 0 Å². The van der Waals surface area contributed by atoms with Crippen LogP contribution in [0.15, 0.2) is 85.2 Å². The predicted molar refractivity (Wildman–Crippen MR) is 143 cm³/mol. The number of rotatable bonds is 7. The monoisotopic (exact) mass is 504 g/mol. The standard InChI is InChI=1S/C27H25ClN4O2S/c1-3-34-20-12-9-18(10-13-20)31-16-6-8-23(31)26-25(22-7-4-5-15-29-22)30-27(35)32(26)19-11-14-24(33-2)21(28)17-19/h4-17,25-26H,3H2,1-2H3,(H,30,35)/t25-,26+/m0/s1. The van der Waals surface area contributed by atoms with E-state index in [1.165, 1.54) is 0 Å². The van der Waals surface area contributed by atoms with Crippen LogP contribution in [0.1, 0.15) is 30.4 Å². The maximum atomic E-state index is 6.50. The van der Waals surface area contributed by atoms with Crippen LogP contribution in [0.3, 0.4) is 0 Å². The summed E-state index contributed by atoms with van der Waals surface area (Å²) in [5, 5.41) is 4.62. The van der Waals surface area contributed by atoms with Gasteiger partial charge in [0, 0.05) is 29.5 Å². The number of pyridine rings is 1. The highest BCUT2D eigenvalue weighted by molar-refractivity contribution is 7.80. The van der Waals surface area contributed by atoms with E-state index >= 15 is 0 Å². The third-order valence-corrected chi connectivity index (χ3v) is 6.63. The fourth-order valence-electron chi connectivity index (χ4n) is 4.48. The third-order valence-electron chi connectivity index (χ3n) is 6.02. The summed E-state index contributed by atoms with van der Waals surface area (Å²) in [6.07, 6.45) is 3.86. The number of ether oxygens (including phenoxy) is 2. The number of thiocarbonyl (C=S) groups is 1. The van der Waals surface area contributed by atoms with Gasteiger partial charge in [-0.2, -0.15) is 0 Å². The van der Waals surface area contributed by atoms with Gasteiger partial charge in [0.05, 0.1) is 30.5 Å². The number of hydrogen-bond acceptors (Lipinski definition) is 4. The Kier molecular flexibility index (Phi) is 6.61. The van der Waals surface area contributed by atoms with E-state index < -0.39 is 0 Å². The Hall–Kier alpha value is -3.55. The second-order valence-corrected chi connectivity index (χ2v) is 8.84. The predicted octanol–water partition coefficient (Wildman–Crippen LogP) is 6.11. The molecule has 1 fully saturated rings. The maximum absolute atomic E-state index is 6.50. The summed E-state index contributed by atoms with van der Waals surface area (Å²) in [4.78, 5) is 6.74. The molecule has 0 bridgehead atoms. The van der Waals surface area contributed by atoms with Crippen LogP contribution in [-0.4, -0.2) is 28.4 Å². The average Bonchev–Trinajstić information content (AvgIpc) is 3.49. The van der Waals surface area contributed by atoms with Gasteiger partial charge in [0.15, 0.2) is 5.11 Å². The molecule has 1 N–H and O–H groups in total. The van der Waals surface area contributed by atoms with E-state index in [0.717, 1.165) is 28.5 Å². The molecule has 0 amide bonds. The number of hydrogen-bond donors (Lipinski definition) is 1. The number of anilines is 1. The molecule has 2 aromatic carbocycles. The Bertz CT molecular complexity index is 1330. The third kappa shape index (κ3) is 4.45. The van der Waals surface area contributed by atoms with Crippen LogP contribution in [0.25, 0.3) is 5.69 Å². The van der Waals surface area contributed by atoms with Crippen molar-refractivity contribution in [1.29, 1.82) is 0 Å². The van der Waals surface area contributed by atoms with Crippen molar-refractivity contribution in [2.24, 2.45) is 0 Å². The van der Waals surface area contributed by atoms with Gasteiger partial charge in [0.2, 0.25) is 0 Å². The highest BCUT2D eigenvalue weighted by Gasteiger charge is 2.42. The summed E-state index contributed by atoms with van der Waals surface area (Å²) in [7, 11) is 1.60. The Labute approximate surface area is 215 Å². The number of benzene rings is 2. The highest BCUT2D eigenvalue weighted by atomic mass is 35.5. The second kappa shape index (κ2) is 9.98. The van der Waals surface area contributed by atoms with Crippen LogP contribution in [0.2, 0.25) is 5.02 Å². The highest BCUT2D eigenvalue weighted by Crippen LogP contribution is 2.43.